The summed E-state index contributed by atoms with van der Waals surface area (Å²) in [4.78, 5) is 2.24. The van der Waals surface area contributed by atoms with E-state index in [4.69, 9.17) is 10.5 Å². The number of benzene rings is 1. The zero-order valence-electron chi connectivity index (χ0n) is 11.2. The zero-order valence-corrected chi connectivity index (χ0v) is 11.2. The molecule has 1 atom stereocenters. The van der Waals surface area contributed by atoms with Gasteiger partial charge in [0, 0.05) is 18.5 Å². The van der Waals surface area contributed by atoms with E-state index in [2.05, 4.69) is 45.0 Å². The summed E-state index contributed by atoms with van der Waals surface area (Å²) in [5, 5.41) is 0. The Morgan fingerprint density at radius 3 is 2.53 bits per heavy atom. The highest BCUT2D eigenvalue weighted by Gasteiger charge is 2.40. The summed E-state index contributed by atoms with van der Waals surface area (Å²) in [6, 6.07) is 4.28. The largest absolute Gasteiger partial charge is 0.493 e. The van der Waals surface area contributed by atoms with Gasteiger partial charge in [-0.15, -0.1) is 0 Å². The Kier molecular flexibility index (Phi) is 3.15. The van der Waals surface area contributed by atoms with Crippen molar-refractivity contribution in [2.24, 2.45) is 5.73 Å². The van der Waals surface area contributed by atoms with Gasteiger partial charge in [0.05, 0.1) is 12.1 Å². The molecule has 0 spiro atoms. The molecular formula is C14H22N2O. The van der Waals surface area contributed by atoms with Crippen LogP contribution in [0.15, 0.2) is 12.1 Å². The number of aryl methyl sites for hydroxylation is 2. The highest BCUT2D eigenvalue weighted by atomic mass is 16.5. The van der Waals surface area contributed by atoms with Gasteiger partial charge in [0.2, 0.25) is 0 Å². The van der Waals surface area contributed by atoms with Gasteiger partial charge in [0.25, 0.3) is 0 Å². The summed E-state index contributed by atoms with van der Waals surface area (Å²) in [6.45, 7) is 5.61. The van der Waals surface area contributed by atoms with E-state index in [1.165, 1.54) is 16.7 Å². The second-order valence-electron chi connectivity index (χ2n) is 5.13. The first-order valence-electron chi connectivity index (χ1n) is 6.14. The highest BCUT2D eigenvalue weighted by molar-refractivity contribution is 5.51. The maximum Gasteiger partial charge on any atom is 0.127 e. The number of nitrogens with two attached hydrogens (primary N) is 1. The molecule has 94 valence electrons. The lowest BCUT2D eigenvalue weighted by Gasteiger charge is -2.44. The van der Waals surface area contributed by atoms with Gasteiger partial charge in [-0.1, -0.05) is 12.1 Å². The van der Waals surface area contributed by atoms with Gasteiger partial charge < -0.3 is 10.5 Å². The molecule has 0 amide bonds. The van der Waals surface area contributed by atoms with E-state index in [-0.39, 0.29) is 5.54 Å². The molecule has 1 heterocycles. The van der Waals surface area contributed by atoms with Crippen molar-refractivity contribution in [2.45, 2.75) is 25.8 Å². The van der Waals surface area contributed by atoms with Crippen LogP contribution in [0.4, 0.5) is 0 Å². The number of likely N-dealkylation sites (N-methyl/N-ethyl adjacent to an activating group) is 1. The predicted octanol–water partition coefficient (Wildman–Crippen LogP) is 1.80. The Labute approximate surface area is 104 Å². The molecule has 1 aromatic carbocycles. The maximum atomic E-state index is 6.08. The predicted molar refractivity (Wildman–Crippen MR) is 70.4 cm³/mol. The van der Waals surface area contributed by atoms with Crippen molar-refractivity contribution in [3.8, 4) is 5.75 Å². The number of nitrogens with zero attached hydrogens (tertiary/aromatic N) is 1. The first-order valence-corrected chi connectivity index (χ1v) is 6.14. The SMILES string of the molecule is Cc1ccc(C)c2c1OCCC2(CN)N(C)C. The Hall–Kier alpha value is -1.06. The molecule has 0 aromatic heterocycles. The van der Waals surface area contributed by atoms with E-state index in [9.17, 15) is 0 Å². The van der Waals surface area contributed by atoms with Crippen molar-refractivity contribution in [3.05, 3.63) is 28.8 Å². The molecule has 3 nitrogen and oxygen atoms in total. The molecule has 2 N–H and O–H groups in total. The fourth-order valence-electron chi connectivity index (χ4n) is 2.83. The molecule has 0 radical (unpaired) electrons. The molecule has 2 rings (SSSR count). The van der Waals surface area contributed by atoms with Gasteiger partial charge >= 0.3 is 0 Å². The summed E-state index contributed by atoms with van der Waals surface area (Å²) < 4.78 is 5.86. The molecule has 1 unspecified atom stereocenters. The van der Waals surface area contributed by atoms with E-state index in [0.29, 0.717) is 6.54 Å². The Morgan fingerprint density at radius 2 is 1.94 bits per heavy atom. The van der Waals surface area contributed by atoms with Gasteiger partial charge in [-0.3, -0.25) is 4.90 Å². The lowest BCUT2D eigenvalue weighted by Crippen LogP contribution is -2.51. The third kappa shape index (κ3) is 1.74. The van der Waals surface area contributed by atoms with E-state index < -0.39 is 0 Å². The minimum Gasteiger partial charge on any atom is -0.493 e. The molecule has 0 aliphatic carbocycles. The maximum absolute atomic E-state index is 6.08. The van der Waals surface area contributed by atoms with Crippen LogP contribution >= 0.6 is 0 Å². The van der Waals surface area contributed by atoms with Crippen molar-refractivity contribution < 1.29 is 4.74 Å². The van der Waals surface area contributed by atoms with Crippen LogP contribution in [-0.2, 0) is 5.54 Å². The minimum atomic E-state index is -0.0797. The average Bonchev–Trinajstić information content (AvgIpc) is 2.32. The van der Waals surface area contributed by atoms with Crippen molar-refractivity contribution in [3.63, 3.8) is 0 Å². The van der Waals surface area contributed by atoms with Crippen LogP contribution < -0.4 is 10.5 Å². The molecule has 3 heteroatoms. The summed E-state index contributed by atoms with van der Waals surface area (Å²) in [5.74, 6) is 1.04. The van der Waals surface area contributed by atoms with Gasteiger partial charge in [-0.05, 0) is 39.1 Å². The first-order chi connectivity index (χ1) is 8.03. The van der Waals surface area contributed by atoms with E-state index in [0.717, 1.165) is 18.8 Å². The summed E-state index contributed by atoms with van der Waals surface area (Å²) >= 11 is 0. The van der Waals surface area contributed by atoms with Crippen molar-refractivity contribution in [1.29, 1.82) is 0 Å². The Morgan fingerprint density at radius 1 is 1.29 bits per heavy atom. The van der Waals surface area contributed by atoms with Crippen molar-refractivity contribution >= 4 is 0 Å². The molecule has 0 saturated heterocycles. The van der Waals surface area contributed by atoms with Crippen LogP contribution in [0.1, 0.15) is 23.1 Å². The topological polar surface area (TPSA) is 38.5 Å². The lowest BCUT2D eigenvalue weighted by molar-refractivity contribution is 0.0925. The Balaban J connectivity index is 2.68. The smallest absolute Gasteiger partial charge is 0.127 e. The average molecular weight is 234 g/mol. The van der Waals surface area contributed by atoms with Crippen molar-refractivity contribution in [2.75, 3.05) is 27.2 Å². The van der Waals surface area contributed by atoms with Crippen molar-refractivity contribution in [1.82, 2.24) is 4.90 Å². The van der Waals surface area contributed by atoms with Crippen LogP contribution in [0, 0.1) is 13.8 Å². The fraction of sp³-hybridized carbons (Fsp3) is 0.571. The second kappa shape index (κ2) is 4.31. The lowest BCUT2D eigenvalue weighted by atomic mass is 9.80. The summed E-state index contributed by atoms with van der Waals surface area (Å²) in [5.41, 5.74) is 9.74. The van der Waals surface area contributed by atoms with Crippen LogP contribution in [0.2, 0.25) is 0 Å². The third-order valence-corrected chi connectivity index (χ3v) is 3.98. The quantitative estimate of drug-likeness (QED) is 0.848. The summed E-state index contributed by atoms with van der Waals surface area (Å²) in [7, 11) is 4.20. The molecule has 0 bridgehead atoms. The normalized spacial score (nSPS) is 23.4. The zero-order chi connectivity index (χ0) is 12.6. The number of hydrogen-bond acceptors (Lipinski definition) is 3. The molecule has 0 saturated carbocycles. The van der Waals surface area contributed by atoms with Crippen LogP contribution in [0.5, 0.6) is 5.75 Å². The molecule has 1 aliphatic rings. The number of rotatable bonds is 2. The van der Waals surface area contributed by atoms with Gasteiger partial charge in [0.1, 0.15) is 5.75 Å². The highest BCUT2D eigenvalue weighted by Crippen LogP contribution is 2.43. The molecule has 17 heavy (non-hydrogen) atoms. The van der Waals surface area contributed by atoms with Gasteiger partial charge in [-0.2, -0.15) is 0 Å². The van der Waals surface area contributed by atoms with Gasteiger partial charge in [0.15, 0.2) is 0 Å². The van der Waals surface area contributed by atoms with Gasteiger partial charge in [-0.25, -0.2) is 0 Å². The number of fused-ring (bicyclic) bond motifs is 1. The third-order valence-electron chi connectivity index (χ3n) is 3.98. The summed E-state index contributed by atoms with van der Waals surface area (Å²) in [6.07, 6.45) is 0.952. The molecule has 1 aliphatic heterocycles. The first kappa shape index (κ1) is 12.4. The van der Waals surface area contributed by atoms with Crippen LogP contribution in [-0.4, -0.2) is 32.1 Å². The molecular weight excluding hydrogens is 212 g/mol. The van der Waals surface area contributed by atoms with E-state index >= 15 is 0 Å². The van der Waals surface area contributed by atoms with E-state index in [1.807, 2.05) is 0 Å². The minimum absolute atomic E-state index is 0.0797. The number of ether oxygens (including phenoxy) is 1. The monoisotopic (exact) mass is 234 g/mol. The van der Waals surface area contributed by atoms with Crippen LogP contribution in [0.25, 0.3) is 0 Å². The molecule has 0 fully saturated rings. The second-order valence-corrected chi connectivity index (χ2v) is 5.13. The fourth-order valence-corrected chi connectivity index (χ4v) is 2.83. The molecule has 1 aromatic rings. The number of hydrogen-bond donors (Lipinski definition) is 1. The van der Waals surface area contributed by atoms with Crippen LogP contribution in [0.3, 0.4) is 0 Å². The standard InChI is InChI=1S/C14H22N2O/c1-10-5-6-11(2)13-12(10)14(9-15,16(3)4)7-8-17-13/h5-6H,7-9,15H2,1-4H3. The Bertz CT molecular complexity index is 428. The van der Waals surface area contributed by atoms with E-state index in [1.54, 1.807) is 0 Å².